The minimum absolute atomic E-state index is 0.0249. The molecule has 0 saturated heterocycles. The Hall–Kier alpha value is -3.29. The van der Waals surface area contributed by atoms with Crippen molar-refractivity contribution in [2.45, 2.75) is 110 Å². The number of anilines is 1. The third-order valence-electron chi connectivity index (χ3n) is 7.42. The number of Topliss-reactive ketones (excluding diaryl/α,β-unsaturated/α-hetero) is 1. The van der Waals surface area contributed by atoms with E-state index in [1.165, 1.54) is 108 Å². The number of ether oxygens (including phenoxy) is 1. The highest BCUT2D eigenvalue weighted by molar-refractivity contribution is 6.35. The molecule has 1 N–H and O–H groups in total. The lowest BCUT2D eigenvalue weighted by atomic mass is 10.0. The van der Waals surface area contributed by atoms with Gasteiger partial charge in [0.2, 0.25) is 0 Å². The maximum absolute atomic E-state index is 13.1. The zero-order valence-electron chi connectivity index (χ0n) is 23.6. The lowest BCUT2D eigenvalue weighted by Gasteiger charge is -2.14. The standard InChI is InChI=1S/C31H43N3O5/c1-3-4-5-6-7-8-9-10-11-12-13-14-15-16-17-18-25(35)27-26-28(33-32-27)30(37)34(29(26)36)24-21-19-23(20-22-24)31(38)39-2/h19-22H,3-18H2,1-2H3,(H,32,33). The van der Waals surface area contributed by atoms with Gasteiger partial charge in [0.15, 0.2) is 5.78 Å². The molecule has 1 aliphatic rings. The van der Waals surface area contributed by atoms with E-state index in [1.807, 2.05) is 0 Å². The van der Waals surface area contributed by atoms with E-state index in [0.717, 1.165) is 24.2 Å². The van der Waals surface area contributed by atoms with Crippen LogP contribution in [-0.4, -0.2) is 40.9 Å². The summed E-state index contributed by atoms with van der Waals surface area (Å²) in [6, 6.07) is 5.96. The number of nitrogens with one attached hydrogen (secondary N) is 1. The summed E-state index contributed by atoms with van der Waals surface area (Å²) in [7, 11) is 1.28. The summed E-state index contributed by atoms with van der Waals surface area (Å²) in [4.78, 5) is 51.4. The molecular weight excluding hydrogens is 494 g/mol. The Kier molecular flexibility index (Phi) is 12.4. The first-order valence-corrected chi connectivity index (χ1v) is 14.7. The van der Waals surface area contributed by atoms with Crippen molar-refractivity contribution in [1.29, 1.82) is 0 Å². The molecule has 0 saturated carbocycles. The average Bonchev–Trinajstić information content (AvgIpc) is 3.50. The first-order valence-electron chi connectivity index (χ1n) is 14.7. The molecule has 0 unspecified atom stereocenters. The van der Waals surface area contributed by atoms with Gasteiger partial charge in [0.25, 0.3) is 11.8 Å². The number of hydrogen-bond donors (Lipinski definition) is 1. The Morgan fingerprint density at radius 2 is 1.28 bits per heavy atom. The van der Waals surface area contributed by atoms with Crippen molar-refractivity contribution in [3.8, 4) is 0 Å². The Bertz CT molecular complexity index is 1110. The van der Waals surface area contributed by atoms with E-state index in [2.05, 4.69) is 21.9 Å². The Morgan fingerprint density at radius 3 is 1.79 bits per heavy atom. The molecule has 0 bridgehead atoms. The van der Waals surface area contributed by atoms with E-state index in [1.54, 1.807) is 0 Å². The van der Waals surface area contributed by atoms with Crippen LogP contribution < -0.4 is 4.90 Å². The number of imide groups is 1. The van der Waals surface area contributed by atoms with Crippen molar-refractivity contribution in [2.24, 2.45) is 0 Å². The summed E-state index contributed by atoms with van der Waals surface area (Å²) in [6.45, 7) is 2.25. The number of amides is 2. The van der Waals surface area contributed by atoms with Crippen LogP contribution in [0.5, 0.6) is 0 Å². The molecule has 2 heterocycles. The number of esters is 1. The molecule has 212 valence electrons. The number of ketones is 1. The number of rotatable bonds is 19. The third kappa shape index (κ3) is 8.35. The first kappa shape index (κ1) is 30.3. The number of carbonyl (C=O) groups is 4. The zero-order valence-corrected chi connectivity index (χ0v) is 23.6. The molecule has 0 spiro atoms. The second-order valence-electron chi connectivity index (χ2n) is 10.4. The highest BCUT2D eigenvalue weighted by Crippen LogP contribution is 2.30. The molecule has 0 radical (unpaired) electrons. The molecule has 0 atom stereocenters. The number of fused-ring (bicyclic) bond motifs is 1. The molecule has 2 aromatic rings. The molecule has 2 amide bonds. The maximum atomic E-state index is 13.1. The number of aromatic amines is 1. The van der Waals surface area contributed by atoms with E-state index in [9.17, 15) is 19.2 Å². The van der Waals surface area contributed by atoms with Crippen LogP contribution in [0.3, 0.4) is 0 Å². The number of aromatic nitrogens is 2. The van der Waals surface area contributed by atoms with Gasteiger partial charge in [-0.05, 0) is 30.7 Å². The minimum atomic E-state index is -0.589. The summed E-state index contributed by atoms with van der Waals surface area (Å²) in [6.07, 6.45) is 19.0. The van der Waals surface area contributed by atoms with Crippen LogP contribution in [0.15, 0.2) is 24.3 Å². The predicted octanol–water partition coefficient (Wildman–Crippen LogP) is 7.44. The first-order chi connectivity index (χ1) is 19.0. The van der Waals surface area contributed by atoms with Crippen LogP contribution >= 0.6 is 0 Å². The van der Waals surface area contributed by atoms with Crippen LogP contribution in [0, 0.1) is 0 Å². The Labute approximate surface area is 231 Å². The van der Waals surface area contributed by atoms with Crippen molar-refractivity contribution < 1.29 is 23.9 Å². The highest BCUT2D eigenvalue weighted by atomic mass is 16.5. The van der Waals surface area contributed by atoms with Gasteiger partial charge in [0, 0.05) is 6.42 Å². The average molecular weight is 538 g/mol. The van der Waals surface area contributed by atoms with Gasteiger partial charge < -0.3 is 4.74 Å². The van der Waals surface area contributed by atoms with Gasteiger partial charge in [-0.25, -0.2) is 9.69 Å². The van der Waals surface area contributed by atoms with E-state index < -0.39 is 17.8 Å². The number of unbranched alkanes of at least 4 members (excludes halogenated alkanes) is 14. The fourth-order valence-electron chi connectivity index (χ4n) is 5.10. The van der Waals surface area contributed by atoms with Gasteiger partial charge in [-0.15, -0.1) is 0 Å². The molecule has 1 aromatic carbocycles. The summed E-state index contributed by atoms with van der Waals surface area (Å²) < 4.78 is 4.68. The highest BCUT2D eigenvalue weighted by Gasteiger charge is 2.42. The van der Waals surface area contributed by atoms with E-state index in [0.29, 0.717) is 17.7 Å². The fourth-order valence-corrected chi connectivity index (χ4v) is 5.10. The number of nitrogens with zero attached hydrogens (tertiary/aromatic N) is 2. The minimum Gasteiger partial charge on any atom is -0.465 e. The number of benzene rings is 1. The molecule has 3 rings (SSSR count). The molecule has 39 heavy (non-hydrogen) atoms. The number of hydrogen-bond acceptors (Lipinski definition) is 6. The number of carbonyl (C=O) groups excluding carboxylic acids is 4. The SMILES string of the molecule is CCCCCCCCCCCCCCCCCC(=O)c1n[nH]c2c1C(=O)N(c1ccc(C(=O)OC)cc1)C2=O. The van der Waals surface area contributed by atoms with Crippen LogP contribution in [0.2, 0.25) is 0 Å². The molecule has 8 nitrogen and oxygen atoms in total. The summed E-state index contributed by atoms with van der Waals surface area (Å²) >= 11 is 0. The van der Waals surface area contributed by atoms with Crippen molar-refractivity contribution >= 4 is 29.3 Å². The smallest absolute Gasteiger partial charge is 0.337 e. The third-order valence-corrected chi connectivity index (χ3v) is 7.42. The number of methoxy groups -OCH3 is 1. The van der Waals surface area contributed by atoms with Crippen molar-refractivity contribution in [1.82, 2.24) is 10.2 Å². The second kappa shape index (κ2) is 16.0. The lowest BCUT2D eigenvalue weighted by molar-refractivity contribution is 0.0600. The number of H-pyrrole nitrogens is 1. The summed E-state index contributed by atoms with van der Waals surface area (Å²) in [5.41, 5.74) is 0.699. The fraction of sp³-hybridized carbons (Fsp3) is 0.581. The molecule has 1 aromatic heterocycles. The zero-order chi connectivity index (χ0) is 28.0. The van der Waals surface area contributed by atoms with Gasteiger partial charge in [0.1, 0.15) is 17.0 Å². The maximum Gasteiger partial charge on any atom is 0.337 e. The topological polar surface area (TPSA) is 109 Å². The summed E-state index contributed by atoms with van der Waals surface area (Å²) in [5.74, 6) is -1.90. The van der Waals surface area contributed by atoms with E-state index in [-0.39, 0.29) is 22.7 Å². The summed E-state index contributed by atoms with van der Waals surface area (Å²) in [5, 5.41) is 6.58. The molecular formula is C31H43N3O5. The molecule has 0 aliphatic carbocycles. The Morgan fingerprint density at radius 1 is 0.769 bits per heavy atom. The monoisotopic (exact) mass is 537 g/mol. The van der Waals surface area contributed by atoms with Crippen LogP contribution in [0.1, 0.15) is 151 Å². The lowest BCUT2D eigenvalue weighted by Crippen LogP contribution is -2.30. The van der Waals surface area contributed by atoms with Gasteiger partial charge in [-0.2, -0.15) is 5.10 Å². The molecule has 1 aliphatic heterocycles. The van der Waals surface area contributed by atoms with Crippen molar-refractivity contribution in [2.75, 3.05) is 12.0 Å². The van der Waals surface area contributed by atoms with Gasteiger partial charge in [-0.1, -0.05) is 96.8 Å². The second-order valence-corrected chi connectivity index (χ2v) is 10.4. The molecule has 0 fully saturated rings. The normalized spacial score (nSPS) is 12.7. The van der Waals surface area contributed by atoms with Crippen LogP contribution in [-0.2, 0) is 4.74 Å². The van der Waals surface area contributed by atoms with Gasteiger partial charge in [-0.3, -0.25) is 19.5 Å². The molecule has 8 heteroatoms. The van der Waals surface area contributed by atoms with E-state index in [4.69, 9.17) is 0 Å². The quantitative estimate of drug-likeness (QED) is 0.0863. The van der Waals surface area contributed by atoms with Crippen LogP contribution in [0.4, 0.5) is 5.69 Å². The predicted molar refractivity (Wildman–Crippen MR) is 151 cm³/mol. The van der Waals surface area contributed by atoms with Crippen LogP contribution in [0.25, 0.3) is 0 Å². The van der Waals surface area contributed by atoms with Gasteiger partial charge >= 0.3 is 5.97 Å². The van der Waals surface area contributed by atoms with Crippen molar-refractivity contribution in [3.63, 3.8) is 0 Å². The van der Waals surface area contributed by atoms with Crippen molar-refractivity contribution in [3.05, 3.63) is 46.8 Å². The largest absolute Gasteiger partial charge is 0.465 e. The van der Waals surface area contributed by atoms with Gasteiger partial charge in [0.05, 0.1) is 18.4 Å². The Balaban J connectivity index is 1.34. The van der Waals surface area contributed by atoms with E-state index >= 15 is 0 Å².